The molecule has 1 aromatic heterocycles. The van der Waals surface area contributed by atoms with Gasteiger partial charge >= 0.3 is 0 Å². The van der Waals surface area contributed by atoms with Gasteiger partial charge in [-0.05, 0) is 63.1 Å². The molecule has 8 heteroatoms. The maximum atomic E-state index is 13.1. The van der Waals surface area contributed by atoms with Gasteiger partial charge in [0.15, 0.2) is 0 Å². The molecular formula is C27H27ClN4O3. The molecule has 3 aromatic rings. The number of rotatable bonds is 6. The molecule has 0 atom stereocenters. The molecule has 0 spiro atoms. The SMILES string of the molecule is Cc1[nH]c(/C=C2\C(=O)Nc3ccc(C(=O)NC(C)(C)c4ccccc4)cc32)c(C)c1NC(=O)CCl. The minimum Gasteiger partial charge on any atom is -0.357 e. The number of aromatic amines is 1. The molecular weight excluding hydrogens is 464 g/mol. The Kier molecular flexibility index (Phi) is 6.54. The molecule has 2 aromatic carbocycles. The minimum absolute atomic E-state index is 0.151. The van der Waals surface area contributed by atoms with Gasteiger partial charge in [-0.2, -0.15) is 0 Å². The predicted molar refractivity (Wildman–Crippen MR) is 139 cm³/mol. The van der Waals surface area contributed by atoms with Crippen LogP contribution < -0.4 is 16.0 Å². The molecule has 4 rings (SSSR count). The van der Waals surface area contributed by atoms with Crippen LogP contribution in [0.25, 0.3) is 11.6 Å². The number of hydrogen-bond donors (Lipinski definition) is 4. The van der Waals surface area contributed by atoms with Crippen molar-refractivity contribution in [1.29, 1.82) is 0 Å². The lowest BCUT2D eigenvalue weighted by molar-refractivity contribution is -0.114. The van der Waals surface area contributed by atoms with Crippen LogP contribution in [0.3, 0.4) is 0 Å². The van der Waals surface area contributed by atoms with Crippen molar-refractivity contribution in [3.05, 3.63) is 82.2 Å². The average molecular weight is 491 g/mol. The summed E-state index contributed by atoms with van der Waals surface area (Å²) < 4.78 is 0. The second-order valence-electron chi connectivity index (χ2n) is 9.06. The van der Waals surface area contributed by atoms with Crippen LogP contribution in [0.1, 0.15) is 52.3 Å². The number of hydrogen-bond acceptors (Lipinski definition) is 3. The number of benzene rings is 2. The van der Waals surface area contributed by atoms with Crippen molar-refractivity contribution in [2.45, 2.75) is 33.2 Å². The number of H-pyrrole nitrogens is 1. The molecule has 7 nitrogen and oxygen atoms in total. The number of aromatic nitrogens is 1. The number of carbonyl (C=O) groups excluding carboxylic acids is 3. The highest BCUT2D eigenvalue weighted by Gasteiger charge is 2.28. The molecule has 3 amide bonds. The zero-order valence-corrected chi connectivity index (χ0v) is 20.8. The Balaban J connectivity index is 1.65. The molecule has 1 aliphatic rings. The topological polar surface area (TPSA) is 103 Å². The average Bonchev–Trinajstić information content (AvgIpc) is 3.29. The third-order valence-corrected chi connectivity index (χ3v) is 6.38. The number of amides is 3. The van der Waals surface area contributed by atoms with Crippen LogP contribution in [-0.4, -0.2) is 28.6 Å². The first-order valence-electron chi connectivity index (χ1n) is 11.2. The highest BCUT2D eigenvalue weighted by molar-refractivity contribution is 6.35. The molecule has 35 heavy (non-hydrogen) atoms. The molecule has 0 bridgehead atoms. The van der Waals surface area contributed by atoms with E-state index >= 15 is 0 Å². The zero-order valence-electron chi connectivity index (χ0n) is 20.0. The second-order valence-corrected chi connectivity index (χ2v) is 9.33. The maximum Gasteiger partial charge on any atom is 0.256 e. The normalized spacial score (nSPS) is 14.0. The van der Waals surface area contributed by atoms with Crippen molar-refractivity contribution in [1.82, 2.24) is 10.3 Å². The number of aryl methyl sites for hydroxylation is 1. The summed E-state index contributed by atoms with van der Waals surface area (Å²) in [6.07, 6.45) is 1.73. The van der Waals surface area contributed by atoms with Crippen LogP contribution in [-0.2, 0) is 15.1 Å². The standard InChI is InChI=1S/C27H27ClN4O3/c1-15-22(29-16(2)24(15)31-23(33)14-28)13-20-19-12-17(10-11-21(19)30-26(20)35)25(34)32-27(3,4)18-8-6-5-7-9-18/h5-13,29H,14H2,1-4H3,(H,30,35)(H,31,33)(H,32,34)/b20-13-. The molecule has 4 N–H and O–H groups in total. The van der Waals surface area contributed by atoms with Crippen LogP contribution in [0.15, 0.2) is 48.5 Å². The fourth-order valence-corrected chi connectivity index (χ4v) is 4.25. The van der Waals surface area contributed by atoms with E-state index in [1.165, 1.54) is 0 Å². The monoisotopic (exact) mass is 490 g/mol. The van der Waals surface area contributed by atoms with Crippen molar-refractivity contribution in [3.63, 3.8) is 0 Å². The summed E-state index contributed by atoms with van der Waals surface area (Å²) >= 11 is 5.62. The Morgan fingerprint density at radius 2 is 1.80 bits per heavy atom. The second kappa shape index (κ2) is 9.43. The van der Waals surface area contributed by atoms with E-state index < -0.39 is 5.54 Å². The summed E-state index contributed by atoms with van der Waals surface area (Å²) in [4.78, 5) is 40.9. The summed E-state index contributed by atoms with van der Waals surface area (Å²) in [5.74, 6) is -0.963. The first-order valence-corrected chi connectivity index (χ1v) is 11.7. The zero-order chi connectivity index (χ0) is 25.3. The third-order valence-electron chi connectivity index (χ3n) is 6.14. The first kappa shape index (κ1) is 24.3. The smallest absolute Gasteiger partial charge is 0.256 e. The molecule has 0 fully saturated rings. The Labute approximate surface area is 209 Å². The number of fused-ring (bicyclic) bond motifs is 1. The van der Waals surface area contributed by atoms with Gasteiger partial charge in [-0.15, -0.1) is 11.6 Å². The van der Waals surface area contributed by atoms with Gasteiger partial charge in [-0.3, -0.25) is 14.4 Å². The van der Waals surface area contributed by atoms with Crippen LogP contribution in [0, 0.1) is 13.8 Å². The van der Waals surface area contributed by atoms with Gasteiger partial charge < -0.3 is 20.9 Å². The first-order chi connectivity index (χ1) is 16.6. The molecule has 0 aliphatic carbocycles. The van der Waals surface area contributed by atoms with E-state index in [4.69, 9.17) is 11.6 Å². The van der Waals surface area contributed by atoms with Crippen molar-refractivity contribution < 1.29 is 14.4 Å². The van der Waals surface area contributed by atoms with E-state index in [9.17, 15) is 14.4 Å². The fraction of sp³-hybridized carbons (Fsp3) is 0.222. The summed E-state index contributed by atoms with van der Waals surface area (Å²) in [5, 5.41) is 8.71. The van der Waals surface area contributed by atoms with E-state index in [-0.39, 0.29) is 23.6 Å². The largest absolute Gasteiger partial charge is 0.357 e. The highest BCUT2D eigenvalue weighted by atomic mass is 35.5. The van der Waals surface area contributed by atoms with Gasteiger partial charge in [0.25, 0.3) is 11.8 Å². The van der Waals surface area contributed by atoms with E-state index in [2.05, 4.69) is 20.9 Å². The number of anilines is 2. The lowest BCUT2D eigenvalue weighted by Crippen LogP contribution is -2.40. The van der Waals surface area contributed by atoms with Gasteiger partial charge in [0.2, 0.25) is 5.91 Å². The van der Waals surface area contributed by atoms with Crippen molar-refractivity contribution >= 4 is 52.3 Å². The number of halogens is 1. The molecule has 0 saturated carbocycles. The van der Waals surface area contributed by atoms with Crippen LogP contribution in [0.2, 0.25) is 0 Å². The Morgan fingerprint density at radius 3 is 2.49 bits per heavy atom. The molecule has 0 saturated heterocycles. The van der Waals surface area contributed by atoms with Crippen molar-refractivity contribution in [3.8, 4) is 0 Å². The van der Waals surface area contributed by atoms with Crippen molar-refractivity contribution in [2.24, 2.45) is 0 Å². The Morgan fingerprint density at radius 1 is 1.09 bits per heavy atom. The predicted octanol–water partition coefficient (Wildman–Crippen LogP) is 4.97. The Bertz CT molecular complexity index is 1360. The van der Waals surface area contributed by atoms with Gasteiger partial charge in [-0.25, -0.2) is 0 Å². The summed E-state index contributed by atoms with van der Waals surface area (Å²) in [7, 11) is 0. The summed E-state index contributed by atoms with van der Waals surface area (Å²) in [6, 6.07) is 14.9. The lowest BCUT2D eigenvalue weighted by atomic mass is 9.93. The van der Waals surface area contributed by atoms with Crippen molar-refractivity contribution in [2.75, 3.05) is 16.5 Å². The number of carbonyl (C=O) groups is 3. The third kappa shape index (κ3) is 4.86. The maximum absolute atomic E-state index is 13.1. The van der Waals surface area contributed by atoms with E-state index in [1.54, 1.807) is 24.3 Å². The minimum atomic E-state index is -0.577. The quantitative estimate of drug-likeness (QED) is 0.290. The van der Waals surface area contributed by atoms with E-state index in [0.29, 0.717) is 33.8 Å². The van der Waals surface area contributed by atoms with Gasteiger partial charge in [0.1, 0.15) is 5.88 Å². The molecule has 0 radical (unpaired) electrons. The molecule has 180 valence electrons. The molecule has 0 unspecified atom stereocenters. The summed E-state index contributed by atoms with van der Waals surface area (Å²) in [5.41, 5.74) is 5.42. The molecule has 2 heterocycles. The van der Waals surface area contributed by atoms with Gasteiger partial charge in [0, 0.05) is 28.2 Å². The van der Waals surface area contributed by atoms with Crippen LogP contribution in [0.4, 0.5) is 11.4 Å². The molecule has 1 aliphatic heterocycles. The fourth-order valence-electron chi connectivity index (χ4n) is 4.18. The highest BCUT2D eigenvalue weighted by Crippen LogP contribution is 2.35. The number of nitrogens with one attached hydrogen (secondary N) is 4. The Hall–Kier alpha value is -3.84. The summed E-state index contributed by atoms with van der Waals surface area (Å²) in [6.45, 7) is 7.57. The number of alkyl halides is 1. The van der Waals surface area contributed by atoms with Crippen LogP contribution in [0.5, 0.6) is 0 Å². The van der Waals surface area contributed by atoms with Gasteiger partial charge in [-0.1, -0.05) is 30.3 Å². The van der Waals surface area contributed by atoms with Gasteiger partial charge in [0.05, 0.1) is 16.8 Å². The lowest BCUT2D eigenvalue weighted by Gasteiger charge is -2.27. The van der Waals surface area contributed by atoms with Crippen LogP contribution >= 0.6 is 11.6 Å². The van der Waals surface area contributed by atoms with E-state index in [0.717, 1.165) is 16.8 Å². The van der Waals surface area contributed by atoms with E-state index in [1.807, 2.05) is 58.0 Å².